The zero-order chi connectivity index (χ0) is 17.0. The van der Waals surface area contributed by atoms with Crippen molar-refractivity contribution in [1.29, 1.82) is 0 Å². The predicted molar refractivity (Wildman–Crippen MR) is 78.8 cm³/mol. The van der Waals surface area contributed by atoms with E-state index in [4.69, 9.17) is 0 Å². The molecular formula is C15H19F3N4O. The van der Waals surface area contributed by atoms with Crippen molar-refractivity contribution in [2.24, 2.45) is 0 Å². The summed E-state index contributed by atoms with van der Waals surface area (Å²) in [5, 5.41) is 11.4. The maximum absolute atomic E-state index is 12.1. The molecule has 1 atom stereocenters. The molecule has 0 fully saturated rings. The molecule has 1 N–H and O–H groups in total. The van der Waals surface area contributed by atoms with Crippen LogP contribution in [0.25, 0.3) is 0 Å². The molecule has 23 heavy (non-hydrogen) atoms. The fourth-order valence-electron chi connectivity index (χ4n) is 2.29. The summed E-state index contributed by atoms with van der Waals surface area (Å²) in [6.45, 7) is 7.15. The molecule has 0 saturated heterocycles. The first kappa shape index (κ1) is 17.3. The summed E-state index contributed by atoms with van der Waals surface area (Å²) >= 11 is 0. The molecule has 0 amide bonds. The molecule has 0 aliphatic heterocycles. The average molecular weight is 328 g/mol. The molecule has 0 radical (unpaired) electrons. The molecule has 0 aliphatic rings. The van der Waals surface area contributed by atoms with Gasteiger partial charge in [0, 0.05) is 12.6 Å². The van der Waals surface area contributed by atoms with Crippen LogP contribution in [-0.2, 0) is 13.1 Å². The van der Waals surface area contributed by atoms with E-state index in [0.717, 1.165) is 23.8 Å². The molecule has 126 valence electrons. The monoisotopic (exact) mass is 328 g/mol. The third-order valence-electron chi connectivity index (χ3n) is 3.51. The smallest absolute Gasteiger partial charge is 0.406 e. The summed E-state index contributed by atoms with van der Waals surface area (Å²) in [7, 11) is 0. The maximum atomic E-state index is 12.1. The summed E-state index contributed by atoms with van der Waals surface area (Å²) in [5.74, 6) is 1.45. The Balaban J connectivity index is 1.96. The first-order valence-corrected chi connectivity index (χ1v) is 7.28. The standard InChI is InChI=1S/C15H19F3N4O/c1-4-22-11(3)20-21-14(22)9-19-10(2)12-5-7-13(8-6-12)23-15(16,17)18/h5-8,10,19H,4,9H2,1-3H3/t10-/m0/s1. The molecule has 1 aromatic heterocycles. The number of aromatic nitrogens is 3. The fourth-order valence-corrected chi connectivity index (χ4v) is 2.29. The highest BCUT2D eigenvalue weighted by atomic mass is 19.4. The Morgan fingerprint density at radius 2 is 1.87 bits per heavy atom. The zero-order valence-electron chi connectivity index (χ0n) is 13.2. The molecule has 1 heterocycles. The van der Waals surface area contributed by atoms with Gasteiger partial charge >= 0.3 is 6.36 Å². The largest absolute Gasteiger partial charge is 0.573 e. The van der Waals surface area contributed by atoms with Crippen molar-refractivity contribution in [1.82, 2.24) is 20.1 Å². The minimum absolute atomic E-state index is 0.0442. The van der Waals surface area contributed by atoms with E-state index in [0.29, 0.717) is 6.54 Å². The Labute approximate surface area is 132 Å². The van der Waals surface area contributed by atoms with Gasteiger partial charge in [0.15, 0.2) is 0 Å². The number of benzene rings is 1. The SMILES string of the molecule is CCn1c(C)nnc1CN[C@@H](C)c1ccc(OC(F)(F)F)cc1. The predicted octanol–water partition coefficient (Wildman–Crippen LogP) is 3.36. The highest BCUT2D eigenvalue weighted by Crippen LogP contribution is 2.24. The molecule has 2 rings (SSSR count). The second-order valence-corrected chi connectivity index (χ2v) is 5.13. The maximum Gasteiger partial charge on any atom is 0.573 e. The van der Waals surface area contributed by atoms with Gasteiger partial charge in [-0.15, -0.1) is 23.4 Å². The first-order valence-electron chi connectivity index (χ1n) is 7.28. The third-order valence-corrected chi connectivity index (χ3v) is 3.51. The molecule has 0 bridgehead atoms. The van der Waals surface area contributed by atoms with Crippen LogP contribution in [0.4, 0.5) is 13.2 Å². The van der Waals surface area contributed by atoms with Crippen LogP contribution in [0.3, 0.4) is 0 Å². The number of ether oxygens (including phenoxy) is 1. The quantitative estimate of drug-likeness (QED) is 0.883. The van der Waals surface area contributed by atoms with Crippen molar-refractivity contribution >= 4 is 0 Å². The molecule has 2 aromatic rings. The minimum atomic E-state index is -4.67. The van der Waals surface area contributed by atoms with E-state index in [1.165, 1.54) is 12.1 Å². The van der Waals surface area contributed by atoms with Crippen LogP contribution < -0.4 is 10.1 Å². The number of alkyl halides is 3. The summed E-state index contributed by atoms with van der Waals surface area (Å²) in [6, 6.07) is 5.78. The highest BCUT2D eigenvalue weighted by Gasteiger charge is 2.31. The number of nitrogens with one attached hydrogen (secondary N) is 1. The van der Waals surface area contributed by atoms with Crippen molar-refractivity contribution in [3.8, 4) is 5.75 Å². The molecule has 0 spiro atoms. The van der Waals surface area contributed by atoms with Crippen LogP contribution in [0.1, 0.15) is 37.1 Å². The van der Waals surface area contributed by atoms with E-state index < -0.39 is 6.36 Å². The lowest BCUT2D eigenvalue weighted by molar-refractivity contribution is -0.274. The lowest BCUT2D eigenvalue weighted by atomic mass is 10.1. The Morgan fingerprint density at radius 3 is 2.43 bits per heavy atom. The van der Waals surface area contributed by atoms with E-state index >= 15 is 0 Å². The van der Waals surface area contributed by atoms with Crippen LogP contribution in [0, 0.1) is 6.92 Å². The van der Waals surface area contributed by atoms with Crippen molar-refractivity contribution in [3.63, 3.8) is 0 Å². The summed E-state index contributed by atoms with van der Waals surface area (Å²) in [5.41, 5.74) is 0.860. The molecule has 8 heteroatoms. The number of halogens is 3. The topological polar surface area (TPSA) is 52.0 Å². The lowest BCUT2D eigenvalue weighted by Crippen LogP contribution is -2.21. The first-order chi connectivity index (χ1) is 10.8. The summed E-state index contributed by atoms with van der Waals surface area (Å²) in [6.07, 6.45) is -4.67. The zero-order valence-corrected chi connectivity index (χ0v) is 13.2. The van der Waals surface area contributed by atoms with Gasteiger partial charge in [-0.05, 0) is 38.5 Å². The van der Waals surface area contributed by atoms with Crippen LogP contribution in [0.5, 0.6) is 5.75 Å². The van der Waals surface area contributed by atoms with Gasteiger partial charge in [0.25, 0.3) is 0 Å². The summed E-state index contributed by atoms with van der Waals surface area (Å²) < 4.78 is 42.3. The van der Waals surface area contributed by atoms with E-state index in [-0.39, 0.29) is 11.8 Å². The van der Waals surface area contributed by atoms with E-state index in [1.54, 1.807) is 12.1 Å². The number of hydrogen-bond acceptors (Lipinski definition) is 4. The van der Waals surface area contributed by atoms with Crippen LogP contribution in [0.15, 0.2) is 24.3 Å². The van der Waals surface area contributed by atoms with Crippen LogP contribution in [-0.4, -0.2) is 21.1 Å². The van der Waals surface area contributed by atoms with Gasteiger partial charge in [-0.3, -0.25) is 0 Å². The van der Waals surface area contributed by atoms with E-state index in [1.807, 2.05) is 25.3 Å². The van der Waals surface area contributed by atoms with Gasteiger partial charge in [0.05, 0.1) is 6.54 Å². The van der Waals surface area contributed by atoms with Crippen molar-refractivity contribution in [2.75, 3.05) is 0 Å². The number of aryl methyl sites for hydroxylation is 1. The molecule has 0 unspecified atom stereocenters. The van der Waals surface area contributed by atoms with Gasteiger partial charge in [-0.2, -0.15) is 0 Å². The third kappa shape index (κ3) is 4.69. The van der Waals surface area contributed by atoms with Crippen molar-refractivity contribution < 1.29 is 17.9 Å². The van der Waals surface area contributed by atoms with Gasteiger partial charge in [-0.1, -0.05) is 12.1 Å². The van der Waals surface area contributed by atoms with E-state index in [9.17, 15) is 13.2 Å². The van der Waals surface area contributed by atoms with E-state index in [2.05, 4.69) is 20.3 Å². The normalized spacial score (nSPS) is 13.1. The van der Waals surface area contributed by atoms with Gasteiger partial charge < -0.3 is 14.6 Å². The molecule has 0 saturated carbocycles. The average Bonchev–Trinajstić information content (AvgIpc) is 2.84. The van der Waals surface area contributed by atoms with Crippen LogP contribution in [0.2, 0.25) is 0 Å². The lowest BCUT2D eigenvalue weighted by Gasteiger charge is -2.15. The molecule has 0 aliphatic carbocycles. The van der Waals surface area contributed by atoms with Gasteiger partial charge in [-0.25, -0.2) is 0 Å². The second-order valence-electron chi connectivity index (χ2n) is 5.13. The fraction of sp³-hybridized carbons (Fsp3) is 0.467. The molecular weight excluding hydrogens is 309 g/mol. The molecule has 5 nitrogen and oxygen atoms in total. The highest BCUT2D eigenvalue weighted by molar-refractivity contribution is 5.29. The minimum Gasteiger partial charge on any atom is -0.406 e. The van der Waals surface area contributed by atoms with Crippen molar-refractivity contribution in [3.05, 3.63) is 41.5 Å². The second kappa shape index (κ2) is 6.99. The van der Waals surface area contributed by atoms with Gasteiger partial charge in [0.2, 0.25) is 0 Å². The number of hydrogen-bond donors (Lipinski definition) is 1. The van der Waals surface area contributed by atoms with Gasteiger partial charge in [0.1, 0.15) is 17.4 Å². The number of rotatable bonds is 6. The summed E-state index contributed by atoms with van der Waals surface area (Å²) in [4.78, 5) is 0. The molecule has 1 aromatic carbocycles. The van der Waals surface area contributed by atoms with Crippen molar-refractivity contribution in [2.45, 2.75) is 46.3 Å². The Kier molecular flexibility index (Phi) is 5.25. The Morgan fingerprint density at radius 1 is 1.22 bits per heavy atom. The van der Waals surface area contributed by atoms with Crippen LogP contribution >= 0.6 is 0 Å². The number of nitrogens with zero attached hydrogens (tertiary/aromatic N) is 3. The Bertz CT molecular complexity index is 637. The Hall–Kier alpha value is -2.09.